The van der Waals surface area contributed by atoms with Gasteiger partial charge < -0.3 is 4.74 Å². The van der Waals surface area contributed by atoms with Crippen LogP contribution >= 0.6 is 11.6 Å². The third-order valence-corrected chi connectivity index (χ3v) is 0.995. The Morgan fingerprint density at radius 1 is 1.89 bits per heavy atom. The molecule has 0 bridgehead atoms. The number of hydrogen-bond donors (Lipinski definition) is 1. The lowest BCUT2D eigenvalue weighted by atomic mass is 10.9. The SMILES string of the molecule is CCOc1ncc(Cl)[nH]1. The van der Waals surface area contributed by atoms with Crippen LogP contribution in [0.15, 0.2) is 6.20 Å². The van der Waals surface area contributed by atoms with E-state index in [0.29, 0.717) is 17.8 Å². The molecular formula is C5H7ClN2O. The molecule has 1 aromatic heterocycles. The summed E-state index contributed by atoms with van der Waals surface area (Å²) < 4.78 is 4.98. The van der Waals surface area contributed by atoms with Crippen molar-refractivity contribution in [2.24, 2.45) is 0 Å². The summed E-state index contributed by atoms with van der Waals surface area (Å²) in [4.78, 5) is 6.50. The maximum absolute atomic E-state index is 5.50. The van der Waals surface area contributed by atoms with E-state index < -0.39 is 0 Å². The minimum Gasteiger partial charge on any atom is -0.465 e. The fraction of sp³-hybridized carbons (Fsp3) is 0.400. The molecule has 0 aliphatic rings. The number of halogens is 1. The molecule has 3 nitrogen and oxygen atoms in total. The molecule has 0 atom stereocenters. The molecule has 1 rings (SSSR count). The van der Waals surface area contributed by atoms with Gasteiger partial charge in [0.25, 0.3) is 6.01 Å². The van der Waals surface area contributed by atoms with Crippen molar-refractivity contribution in [3.63, 3.8) is 0 Å². The Kier molecular flexibility index (Phi) is 1.95. The van der Waals surface area contributed by atoms with Crippen LogP contribution in [0.3, 0.4) is 0 Å². The lowest BCUT2D eigenvalue weighted by Crippen LogP contribution is -1.91. The molecule has 0 radical (unpaired) electrons. The lowest BCUT2D eigenvalue weighted by molar-refractivity contribution is 0.316. The highest BCUT2D eigenvalue weighted by atomic mass is 35.5. The van der Waals surface area contributed by atoms with Crippen LogP contribution in [0.4, 0.5) is 0 Å². The second kappa shape index (κ2) is 2.73. The van der Waals surface area contributed by atoms with E-state index >= 15 is 0 Å². The number of aromatic amines is 1. The first-order chi connectivity index (χ1) is 4.33. The van der Waals surface area contributed by atoms with Crippen LogP contribution in [0.1, 0.15) is 6.92 Å². The molecule has 1 aromatic rings. The number of rotatable bonds is 2. The summed E-state index contributed by atoms with van der Waals surface area (Å²) in [6.45, 7) is 2.49. The smallest absolute Gasteiger partial charge is 0.294 e. The van der Waals surface area contributed by atoms with E-state index in [-0.39, 0.29) is 0 Å². The summed E-state index contributed by atoms with van der Waals surface area (Å²) in [6.07, 6.45) is 1.51. The highest BCUT2D eigenvalue weighted by Crippen LogP contribution is 2.08. The quantitative estimate of drug-likeness (QED) is 0.686. The molecule has 0 aliphatic heterocycles. The van der Waals surface area contributed by atoms with E-state index in [2.05, 4.69) is 9.97 Å². The van der Waals surface area contributed by atoms with Gasteiger partial charge in [-0.15, -0.1) is 0 Å². The summed E-state index contributed by atoms with van der Waals surface area (Å²) in [6, 6.07) is 0.475. The van der Waals surface area contributed by atoms with Crippen LogP contribution in [0.5, 0.6) is 6.01 Å². The fourth-order valence-electron chi connectivity index (χ4n) is 0.492. The van der Waals surface area contributed by atoms with Crippen LogP contribution in [0.2, 0.25) is 5.15 Å². The Balaban J connectivity index is 2.61. The van der Waals surface area contributed by atoms with E-state index in [1.165, 1.54) is 6.20 Å². The van der Waals surface area contributed by atoms with Crippen LogP contribution in [-0.4, -0.2) is 16.6 Å². The molecule has 0 aliphatic carbocycles. The van der Waals surface area contributed by atoms with E-state index in [1.807, 2.05) is 6.92 Å². The molecular weight excluding hydrogens is 140 g/mol. The van der Waals surface area contributed by atoms with Crippen molar-refractivity contribution in [1.82, 2.24) is 9.97 Å². The molecule has 4 heteroatoms. The summed E-state index contributed by atoms with van der Waals surface area (Å²) >= 11 is 5.50. The van der Waals surface area contributed by atoms with Crippen molar-refractivity contribution in [3.05, 3.63) is 11.3 Å². The zero-order valence-electron chi connectivity index (χ0n) is 5.02. The van der Waals surface area contributed by atoms with Crippen LogP contribution in [-0.2, 0) is 0 Å². The number of nitrogens with zero attached hydrogens (tertiary/aromatic N) is 1. The summed E-state index contributed by atoms with van der Waals surface area (Å²) in [7, 11) is 0. The van der Waals surface area contributed by atoms with E-state index in [0.717, 1.165) is 0 Å². The lowest BCUT2D eigenvalue weighted by Gasteiger charge is -1.93. The largest absolute Gasteiger partial charge is 0.465 e. The van der Waals surface area contributed by atoms with Gasteiger partial charge >= 0.3 is 0 Å². The average Bonchev–Trinajstić information content (AvgIpc) is 2.17. The van der Waals surface area contributed by atoms with Gasteiger partial charge in [0.1, 0.15) is 5.15 Å². The predicted octanol–water partition coefficient (Wildman–Crippen LogP) is 1.46. The Morgan fingerprint density at radius 3 is 3.11 bits per heavy atom. The van der Waals surface area contributed by atoms with Gasteiger partial charge in [0.05, 0.1) is 12.8 Å². The highest BCUT2D eigenvalue weighted by molar-refractivity contribution is 6.29. The third kappa shape index (κ3) is 1.61. The fourth-order valence-corrected chi connectivity index (χ4v) is 0.622. The maximum Gasteiger partial charge on any atom is 0.294 e. The normalized spacial score (nSPS) is 9.56. The summed E-state index contributed by atoms with van der Waals surface area (Å²) in [5.41, 5.74) is 0. The number of nitrogens with one attached hydrogen (secondary N) is 1. The van der Waals surface area contributed by atoms with Crippen molar-refractivity contribution >= 4 is 11.6 Å². The molecule has 0 spiro atoms. The van der Waals surface area contributed by atoms with Gasteiger partial charge in [0.15, 0.2) is 0 Å². The topological polar surface area (TPSA) is 37.9 Å². The zero-order valence-corrected chi connectivity index (χ0v) is 5.77. The van der Waals surface area contributed by atoms with Crippen LogP contribution in [0.25, 0.3) is 0 Å². The number of hydrogen-bond acceptors (Lipinski definition) is 2. The van der Waals surface area contributed by atoms with Gasteiger partial charge in [-0.1, -0.05) is 11.6 Å². The second-order valence-electron chi connectivity index (χ2n) is 1.47. The van der Waals surface area contributed by atoms with Crippen LogP contribution < -0.4 is 4.74 Å². The molecule has 1 heterocycles. The average molecular weight is 147 g/mol. The summed E-state index contributed by atoms with van der Waals surface area (Å²) in [5.74, 6) is 0. The molecule has 1 N–H and O–H groups in total. The highest BCUT2D eigenvalue weighted by Gasteiger charge is 1.94. The molecule has 50 valence electrons. The van der Waals surface area contributed by atoms with E-state index in [1.54, 1.807) is 0 Å². The third-order valence-electron chi connectivity index (χ3n) is 0.803. The minimum absolute atomic E-state index is 0.475. The van der Waals surface area contributed by atoms with Gasteiger partial charge in [-0.25, -0.2) is 4.98 Å². The van der Waals surface area contributed by atoms with Gasteiger partial charge in [0, 0.05) is 0 Å². The molecule has 0 aromatic carbocycles. The van der Waals surface area contributed by atoms with Gasteiger partial charge in [-0.3, -0.25) is 4.98 Å². The van der Waals surface area contributed by atoms with Crippen molar-refractivity contribution in [2.45, 2.75) is 6.92 Å². The summed E-state index contributed by atoms with van der Waals surface area (Å²) in [5, 5.41) is 0.499. The Morgan fingerprint density at radius 2 is 2.67 bits per heavy atom. The van der Waals surface area contributed by atoms with Crippen molar-refractivity contribution in [1.29, 1.82) is 0 Å². The van der Waals surface area contributed by atoms with Gasteiger partial charge in [-0.05, 0) is 6.92 Å². The first-order valence-corrected chi connectivity index (χ1v) is 3.04. The first kappa shape index (κ1) is 6.42. The van der Waals surface area contributed by atoms with E-state index in [4.69, 9.17) is 16.3 Å². The number of aromatic nitrogens is 2. The molecule has 0 saturated carbocycles. The second-order valence-corrected chi connectivity index (χ2v) is 1.88. The molecule has 0 amide bonds. The van der Waals surface area contributed by atoms with Gasteiger partial charge in [0.2, 0.25) is 0 Å². The van der Waals surface area contributed by atoms with Gasteiger partial charge in [-0.2, -0.15) is 0 Å². The number of H-pyrrole nitrogens is 1. The monoisotopic (exact) mass is 146 g/mol. The van der Waals surface area contributed by atoms with E-state index in [9.17, 15) is 0 Å². The molecule has 0 fully saturated rings. The number of imidazole rings is 1. The standard InChI is InChI=1S/C5H7ClN2O/c1-2-9-5-7-3-4(6)8-5/h3H,2H2,1H3,(H,7,8). The van der Waals surface area contributed by atoms with Crippen LogP contribution in [0, 0.1) is 0 Å². The Hall–Kier alpha value is -0.700. The molecule has 0 saturated heterocycles. The number of ether oxygens (including phenoxy) is 1. The Labute approximate surface area is 58.0 Å². The zero-order chi connectivity index (χ0) is 6.69. The predicted molar refractivity (Wildman–Crippen MR) is 34.8 cm³/mol. The molecule has 9 heavy (non-hydrogen) atoms. The minimum atomic E-state index is 0.475. The van der Waals surface area contributed by atoms with Crippen molar-refractivity contribution < 1.29 is 4.74 Å². The van der Waals surface area contributed by atoms with Crippen molar-refractivity contribution in [3.8, 4) is 6.01 Å². The Bertz CT molecular complexity index is 187. The van der Waals surface area contributed by atoms with Crippen molar-refractivity contribution in [2.75, 3.05) is 6.61 Å². The molecule has 0 unspecified atom stereocenters. The first-order valence-electron chi connectivity index (χ1n) is 2.66. The maximum atomic E-state index is 5.50.